The number of rotatable bonds is 5. The molecule has 16 heteroatoms. The van der Waals surface area contributed by atoms with Gasteiger partial charge in [-0.3, -0.25) is 0 Å². The van der Waals surface area contributed by atoms with Crippen LogP contribution in [0.25, 0.3) is 21.5 Å². The summed E-state index contributed by atoms with van der Waals surface area (Å²) in [5, 5.41) is 17.6. The number of nitrogens with zero attached hydrogens (tertiary/aromatic N) is 2. The van der Waals surface area contributed by atoms with E-state index in [0.717, 1.165) is 24.3 Å². The van der Waals surface area contributed by atoms with Crippen molar-refractivity contribution in [3.8, 4) is 5.75 Å². The molecule has 182 valence electrons. The summed E-state index contributed by atoms with van der Waals surface area (Å²) in [5.74, 6) is -0.598. The Hall–Kier alpha value is -2.94. The second-order valence-corrected chi connectivity index (χ2v) is 11.2. The van der Waals surface area contributed by atoms with Gasteiger partial charge in [0.2, 0.25) is 0 Å². The maximum Gasteiger partial charge on any atom is 3.00 e. The molecule has 36 heavy (non-hydrogen) atoms. The molecule has 0 fully saturated rings. The molecule has 4 aromatic rings. The van der Waals surface area contributed by atoms with Gasteiger partial charge in [0.25, 0.3) is 0 Å². The van der Waals surface area contributed by atoms with Crippen LogP contribution in [0.2, 0.25) is 0 Å². The third kappa shape index (κ3) is 5.26. The fourth-order valence-electron chi connectivity index (χ4n) is 3.47. The maximum absolute atomic E-state index is 11.7. The fourth-order valence-corrected chi connectivity index (χ4v) is 5.47. The van der Waals surface area contributed by atoms with Crippen molar-refractivity contribution >= 4 is 80.6 Å². The van der Waals surface area contributed by atoms with Crippen molar-refractivity contribution in [3.63, 3.8) is 0 Å². The fraction of sp³-hybridized carbons (Fsp3) is 0. The van der Waals surface area contributed by atoms with Crippen molar-refractivity contribution < 1.29 is 44.0 Å². The molecule has 4 aromatic carbocycles. The Morgan fingerprint density at radius 2 is 1.19 bits per heavy atom. The summed E-state index contributed by atoms with van der Waals surface area (Å²) in [5.41, 5.74) is -0.434. The summed E-state index contributed by atoms with van der Waals surface area (Å²) in [6.07, 6.45) is 0. The molecule has 0 saturated heterocycles. The molecule has 0 aliphatic rings. The molecule has 0 heterocycles. The van der Waals surface area contributed by atoms with Gasteiger partial charge in [-0.2, -0.15) is 0 Å². The topological polar surface area (TPSA) is 217 Å². The summed E-state index contributed by atoms with van der Waals surface area (Å²) < 4.78 is 104. The summed E-state index contributed by atoms with van der Waals surface area (Å²) in [4.78, 5) is -2.57. The average Bonchev–Trinajstić information content (AvgIpc) is 2.75. The van der Waals surface area contributed by atoms with E-state index < -0.39 is 56.5 Å². The molecule has 12 nitrogen and oxygen atoms in total. The molecule has 4 rings (SSSR count). The Labute approximate surface area is 215 Å². The van der Waals surface area contributed by atoms with Gasteiger partial charge >= 0.3 is 17.4 Å². The van der Waals surface area contributed by atoms with Gasteiger partial charge in [-0.05, 0) is 36.4 Å². The standard InChI is InChI=1S/C20H14N2O10S3.Al/c23-17-7-5-14-15(9-11(33(24,25)26)10-19(14)35(30,31)32)20(17)22-21-16-6-8-18(34(27,28)29)13-4-2-1-3-12(13)16;/h1-10,23H,(H,24,25,26)(H,27,28,29)(H,30,31,32);/q;+3/p-3. The zero-order valence-electron chi connectivity index (χ0n) is 17.6. The number of phenols is 1. The monoisotopic (exact) mass is 562 g/mol. The number of phenolic OH excluding ortho intramolecular Hbond substituents is 1. The summed E-state index contributed by atoms with van der Waals surface area (Å²) in [6.45, 7) is 0. The summed E-state index contributed by atoms with van der Waals surface area (Å²) in [7, 11) is -15.3. The number of azo groups is 1. The van der Waals surface area contributed by atoms with Gasteiger partial charge in [0, 0.05) is 21.5 Å². The molecule has 0 saturated carbocycles. The van der Waals surface area contributed by atoms with Crippen molar-refractivity contribution in [1.82, 2.24) is 0 Å². The SMILES string of the molecule is O=S(=O)([O-])c1cc(S(=O)(=O)[O-])c2ccc(O)c(N=Nc3ccc(S(=O)(=O)[O-])c4ccccc34)c2c1.[Al+3]. The number of hydrogen-bond acceptors (Lipinski definition) is 12. The van der Waals surface area contributed by atoms with Gasteiger partial charge in [-0.1, -0.05) is 24.3 Å². The van der Waals surface area contributed by atoms with Crippen molar-refractivity contribution in [2.24, 2.45) is 10.2 Å². The molecule has 0 unspecified atom stereocenters. The molecule has 0 bridgehead atoms. The Kier molecular flexibility index (Phi) is 7.30. The Morgan fingerprint density at radius 1 is 0.611 bits per heavy atom. The van der Waals surface area contributed by atoms with Crippen molar-refractivity contribution in [2.45, 2.75) is 14.7 Å². The Bertz CT molecular complexity index is 1890. The van der Waals surface area contributed by atoms with E-state index >= 15 is 0 Å². The van der Waals surface area contributed by atoms with Crippen LogP contribution in [0.5, 0.6) is 5.75 Å². The average molecular weight is 562 g/mol. The first-order chi connectivity index (χ1) is 16.2. The zero-order valence-corrected chi connectivity index (χ0v) is 21.2. The van der Waals surface area contributed by atoms with Gasteiger partial charge in [-0.15, -0.1) is 10.2 Å². The van der Waals surface area contributed by atoms with Crippen molar-refractivity contribution in [2.75, 3.05) is 0 Å². The second kappa shape index (κ2) is 9.50. The Balaban J connectivity index is 0.00000361. The van der Waals surface area contributed by atoms with E-state index in [9.17, 15) is 44.0 Å². The van der Waals surface area contributed by atoms with Crippen LogP contribution >= 0.6 is 0 Å². The molecular formula is C20H11AlN2O10S3. The quantitative estimate of drug-likeness (QED) is 0.213. The largest absolute Gasteiger partial charge is 3.00 e. The Morgan fingerprint density at radius 3 is 1.78 bits per heavy atom. The minimum atomic E-state index is -5.25. The minimum Gasteiger partial charge on any atom is -0.744 e. The zero-order chi connectivity index (χ0) is 25.8. The number of hydrogen-bond donors (Lipinski definition) is 1. The van der Waals surface area contributed by atoms with Crippen molar-refractivity contribution in [3.05, 3.63) is 60.7 Å². The van der Waals surface area contributed by atoms with Crippen LogP contribution < -0.4 is 0 Å². The van der Waals surface area contributed by atoms with Gasteiger partial charge < -0.3 is 18.8 Å². The predicted octanol–water partition coefficient (Wildman–Crippen LogP) is 2.45. The first-order valence-corrected chi connectivity index (χ1v) is 13.5. The van der Waals surface area contributed by atoms with Gasteiger partial charge in [-0.25, -0.2) is 25.3 Å². The van der Waals surface area contributed by atoms with Gasteiger partial charge in [0.05, 0.1) is 20.4 Å². The van der Waals surface area contributed by atoms with E-state index in [-0.39, 0.29) is 44.6 Å². The van der Waals surface area contributed by atoms with Crippen LogP contribution in [-0.4, -0.2) is 61.4 Å². The maximum atomic E-state index is 11.7. The third-order valence-corrected chi connectivity index (χ3v) is 7.55. The van der Waals surface area contributed by atoms with Crippen LogP contribution in [0.15, 0.2) is 85.6 Å². The van der Waals surface area contributed by atoms with E-state index in [0.29, 0.717) is 6.07 Å². The number of aromatic hydroxyl groups is 1. The molecule has 1 N–H and O–H groups in total. The van der Waals surface area contributed by atoms with Gasteiger partial charge in [0.15, 0.2) is 0 Å². The molecule has 0 atom stereocenters. The van der Waals surface area contributed by atoms with Crippen LogP contribution in [0.1, 0.15) is 0 Å². The minimum absolute atomic E-state index is 0. The number of benzene rings is 4. The number of fused-ring (bicyclic) bond motifs is 2. The normalized spacial score (nSPS) is 12.8. The first kappa shape index (κ1) is 27.6. The van der Waals surface area contributed by atoms with E-state index in [1.165, 1.54) is 30.3 Å². The summed E-state index contributed by atoms with van der Waals surface area (Å²) >= 11 is 0. The third-order valence-electron chi connectivity index (χ3n) is 4.97. The van der Waals surface area contributed by atoms with Crippen LogP contribution in [-0.2, 0) is 30.4 Å². The second-order valence-electron chi connectivity index (χ2n) is 7.14. The molecule has 0 radical (unpaired) electrons. The van der Waals surface area contributed by atoms with E-state index in [2.05, 4.69) is 10.2 Å². The van der Waals surface area contributed by atoms with E-state index in [4.69, 9.17) is 0 Å². The molecule has 0 amide bonds. The van der Waals surface area contributed by atoms with Crippen molar-refractivity contribution in [1.29, 1.82) is 0 Å². The molecular weight excluding hydrogens is 551 g/mol. The van der Waals surface area contributed by atoms with Crippen LogP contribution in [0.4, 0.5) is 11.4 Å². The molecule has 0 aliphatic heterocycles. The predicted molar refractivity (Wildman–Crippen MR) is 123 cm³/mol. The molecule has 0 aromatic heterocycles. The molecule has 0 spiro atoms. The van der Waals surface area contributed by atoms with E-state index in [1.54, 1.807) is 0 Å². The van der Waals surface area contributed by atoms with Gasteiger partial charge in [0.1, 0.15) is 41.8 Å². The van der Waals surface area contributed by atoms with E-state index in [1.807, 2.05) is 0 Å². The smallest absolute Gasteiger partial charge is 0.744 e. The van der Waals surface area contributed by atoms with Crippen LogP contribution in [0.3, 0.4) is 0 Å². The molecule has 0 aliphatic carbocycles. The summed E-state index contributed by atoms with van der Waals surface area (Å²) in [6, 6.07) is 11.2. The first-order valence-electron chi connectivity index (χ1n) is 9.29. The van der Waals surface area contributed by atoms with Crippen LogP contribution in [0, 0.1) is 0 Å².